The van der Waals surface area contributed by atoms with Crippen molar-refractivity contribution in [2.75, 3.05) is 18.5 Å². The predicted molar refractivity (Wildman–Crippen MR) is 98.5 cm³/mol. The Hall–Kier alpha value is -3.21. The van der Waals surface area contributed by atoms with Crippen LogP contribution in [0.15, 0.2) is 60.7 Å². The molecule has 26 heavy (non-hydrogen) atoms. The molecule has 0 atom stereocenters. The smallest absolute Gasteiger partial charge is 0.259 e. The number of rotatable bonds is 4. The van der Waals surface area contributed by atoms with Crippen molar-refractivity contribution >= 4 is 28.3 Å². The minimum atomic E-state index is -0.333. The summed E-state index contributed by atoms with van der Waals surface area (Å²) in [6.07, 6.45) is 0. The van der Waals surface area contributed by atoms with E-state index in [1.807, 2.05) is 30.3 Å². The molecule has 3 aromatic carbocycles. The predicted octanol–water partition coefficient (Wildman–Crippen LogP) is 3.60. The minimum absolute atomic E-state index is 0.0432. The van der Waals surface area contributed by atoms with Crippen molar-refractivity contribution in [1.82, 2.24) is 4.90 Å². The Morgan fingerprint density at radius 2 is 1.81 bits per heavy atom. The Morgan fingerprint density at radius 1 is 1.08 bits per heavy atom. The van der Waals surface area contributed by atoms with E-state index in [2.05, 4.69) is 0 Å². The third-order valence-electron chi connectivity index (χ3n) is 4.68. The molecule has 5 heteroatoms. The number of carbonyl (C=O) groups is 2. The molecule has 0 saturated heterocycles. The second-order valence-corrected chi connectivity index (χ2v) is 6.45. The van der Waals surface area contributed by atoms with Gasteiger partial charge >= 0.3 is 0 Å². The Labute approximate surface area is 150 Å². The topological polar surface area (TPSA) is 40.6 Å². The third kappa shape index (κ3) is 2.71. The van der Waals surface area contributed by atoms with Gasteiger partial charge in [0.2, 0.25) is 5.91 Å². The standard InChI is InChI=1S/C21H17FN2O2/c1-23(12-14-5-2-8-16(22)11-14)19(25)13-24-18-10-4-7-15-6-3-9-17(20(15)18)21(24)26/h2-11H,12-13H2,1H3. The number of likely N-dealkylation sites (N-methyl/N-ethyl adjacent to an activating group) is 1. The summed E-state index contributed by atoms with van der Waals surface area (Å²) in [5, 5.41) is 1.87. The van der Waals surface area contributed by atoms with Gasteiger partial charge in [-0.1, -0.05) is 36.4 Å². The van der Waals surface area contributed by atoms with Gasteiger partial charge < -0.3 is 4.90 Å². The molecule has 130 valence electrons. The number of hydrogen-bond acceptors (Lipinski definition) is 2. The third-order valence-corrected chi connectivity index (χ3v) is 4.68. The number of carbonyl (C=O) groups excluding carboxylic acids is 2. The lowest BCUT2D eigenvalue weighted by Gasteiger charge is -2.22. The fourth-order valence-corrected chi connectivity index (χ4v) is 3.39. The van der Waals surface area contributed by atoms with Crippen LogP contribution in [0.5, 0.6) is 0 Å². The van der Waals surface area contributed by atoms with Crippen molar-refractivity contribution in [3.8, 4) is 0 Å². The average Bonchev–Trinajstić information content (AvgIpc) is 2.90. The molecule has 4 nitrogen and oxygen atoms in total. The first-order valence-electron chi connectivity index (χ1n) is 8.36. The number of amides is 2. The van der Waals surface area contributed by atoms with Crippen LogP contribution < -0.4 is 4.90 Å². The number of anilines is 1. The highest BCUT2D eigenvalue weighted by atomic mass is 19.1. The summed E-state index contributed by atoms with van der Waals surface area (Å²) in [4.78, 5) is 28.4. The Balaban J connectivity index is 1.55. The zero-order chi connectivity index (χ0) is 18.3. The molecule has 0 N–H and O–H groups in total. The molecule has 0 radical (unpaired) electrons. The molecular weight excluding hydrogens is 331 g/mol. The molecule has 2 amide bonds. The molecule has 0 unspecified atom stereocenters. The molecule has 1 aliphatic heterocycles. The molecule has 4 rings (SSSR count). The van der Waals surface area contributed by atoms with Gasteiger partial charge in [0.05, 0.1) is 5.69 Å². The van der Waals surface area contributed by atoms with Crippen molar-refractivity contribution < 1.29 is 14.0 Å². The molecule has 0 fully saturated rings. The van der Waals surface area contributed by atoms with Crippen LogP contribution in [0, 0.1) is 5.82 Å². The number of benzene rings is 3. The summed E-state index contributed by atoms with van der Waals surface area (Å²) in [7, 11) is 1.65. The molecule has 0 aromatic heterocycles. The fourth-order valence-electron chi connectivity index (χ4n) is 3.39. The molecule has 1 heterocycles. The molecule has 0 saturated carbocycles. The Bertz CT molecular complexity index is 1030. The quantitative estimate of drug-likeness (QED) is 0.723. The maximum Gasteiger partial charge on any atom is 0.259 e. The van der Waals surface area contributed by atoms with Crippen LogP contribution in [0.1, 0.15) is 15.9 Å². The minimum Gasteiger partial charge on any atom is -0.340 e. The van der Waals surface area contributed by atoms with E-state index in [0.717, 1.165) is 16.5 Å². The van der Waals surface area contributed by atoms with Crippen LogP contribution in [0.2, 0.25) is 0 Å². The second-order valence-electron chi connectivity index (χ2n) is 6.45. The highest BCUT2D eigenvalue weighted by molar-refractivity contribution is 6.26. The Kier molecular flexibility index (Phi) is 3.92. The van der Waals surface area contributed by atoms with E-state index in [1.54, 1.807) is 25.2 Å². The first-order chi connectivity index (χ1) is 12.5. The molecular formula is C21H17FN2O2. The summed E-state index contributed by atoms with van der Waals surface area (Å²) in [6, 6.07) is 17.4. The van der Waals surface area contributed by atoms with E-state index in [-0.39, 0.29) is 30.7 Å². The highest BCUT2D eigenvalue weighted by Gasteiger charge is 2.31. The van der Waals surface area contributed by atoms with Crippen LogP contribution in [0.4, 0.5) is 10.1 Å². The first-order valence-corrected chi connectivity index (χ1v) is 8.36. The van der Waals surface area contributed by atoms with Crippen molar-refractivity contribution in [2.24, 2.45) is 0 Å². The van der Waals surface area contributed by atoms with Gasteiger partial charge in [-0.25, -0.2) is 4.39 Å². The highest BCUT2D eigenvalue weighted by Crippen LogP contribution is 2.36. The maximum atomic E-state index is 13.3. The van der Waals surface area contributed by atoms with E-state index in [9.17, 15) is 14.0 Å². The molecule has 0 aliphatic carbocycles. The van der Waals surface area contributed by atoms with Crippen molar-refractivity contribution in [3.05, 3.63) is 77.6 Å². The molecule has 0 spiro atoms. The zero-order valence-corrected chi connectivity index (χ0v) is 14.3. The van der Waals surface area contributed by atoms with Gasteiger partial charge in [0.15, 0.2) is 0 Å². The largest absolute Gasteiger partial charge is 0.340 e. The summed E-state index contributed by atoms with van der Waals surface area (Å²) in [5.74, 6) is -0.697. The van der Waals surface area contributed by atoms with Gasteiger partial charge in [0.1, 0.15) is 12.4 Å². The van der Waals surface area contributed by atoms with Gasteiger partial charge in [-0.15, -0.1) is 0 Å². The summed E-state index contributed by atoms with van der Waals surface area (Å²) in [5.41, 5.74) is 2.09. The first kappa shape index (κ1) is 16.3. The van der Waals surface area contributed by atoms with Crippen LogP contribution >= 0.6 is 0 Å². The van der Waals surface area contributed by atoms with Gasteiger partial charge in [-0.05, 0) is 35.2 Å². The summed E-state index contributed by atoms with van der Waals surface area (Å²) in [6.45, 7) is 0.244. The van der Waals surface area contributed by atoms with Gasteiger partial charge in [0, 0.05) is 24.5 Å². The van der Waals surface area contributed by atoms with Crippen LogP contribution in [-0.2, 0) is 11.3 Å². The average molecular weight is 348 g/mol. The van der Waals surface area contributed by atoms with Crippen molar-refractivity contribution in [2.45, 2.75) is 6.54 Å². The molecule has 3 aromatic rings. The SMILES string of the molecule is CN(Cc1cccc(F)c1)C(=O)CN1C(=O)c2cccc3cccc1c23. The van der Waals surface area contributed by atoms with E-state index < -0.39 is 0 Å². The van der Waals surface area contributed by atoms with Gasteiger partial charge in [-0.2, -0.15) is 0 Å². The lowest BCUT2D eigenvalue weighted by Crippen LogP contribution is -2.39. The lowest BCUT2D eigenvalue weighted by atomic mass is 10.1. The van der Waals surface area contributed by atoms with E-state index in [4.69, 9.17) is 0 Å². The Morgan fingerprint density at radius 3 is 2.58 bits per heavy atom. The van der Waals surface area contributed by atoms with Crippen molar-refractivity contribution in [1.29, 1.82) is 0 Å². The van der Waals surface area contributed by atoms with Crippen LogP contribution in [0.3, 0.4) is 0 Å². The number of halogens is 1. The number of nitrogens with zero attached hydrogens (tertiary/aromatic N) is 2. The normalized spacial score (nSPS) is 12.7. The molecule has 0 bridgehead atoms. The maximum absolute atomic E-state index is 13.3. The summed E-state index contributed by atoms with van der Waals surface area (Å²) >= 11 is 0. The van der Waals surface area contributed by atoms with E-state index >= 15 is 0 Å². The van der Waals surface area contributed by atoms with E-state index in [1.165, 1.54) is 21.9 Å². The zero-order valence-electron chi connectivity index (χ0n) is 14.3. The monoisotopic (exact) mass is 348 g/mol. The number of hydrogen-bond donors (Lipinski definition) is 0. The lowest BCUT2D eigenvalue weighted by molar-refractivity contribution is -0.128. The molecule has 1 aliphatic rings. The van der Waals surface area contributed by atoms with E-state index in [0.29, 0.717) is 11.1 Å². The van der Waals surface area contributed by atoms with Crippen molar-refractivity contribution in [3.63, 3.8) is 0 Å². The fraction of sp³-hybridized carbons (Fsp3) is 0.143. The van der Waals surface area contributed by atoms with Gasteiger partial charge in [-0.3, -0.25) is 14.5 Å². The van der Waals surface area contributed by atoms with Crippen LogP contribution in [-0.4, -0.2) is 30.3 Å². The van der Waals surface area contributed by atoms with Crippen LogP contribution in [0.25, 0.3) is 10.8 Å². The van der Waals surface area contributed by atoms with Gasteiger partial charge in [0.25, 0.3) is 5.91 Å². The summed E-state index contributed by atoms with van der Waals surface area (Å²) < 4.78 is 13.3. The second kappa shape index (κ2) is 6.26.